The first-order valence-corrected chi connectivity index (χ1v) is 7.21. The molecule has 0 unspecified atom stereocenters. The number of aromatic nitrogens is 6. The second-order valence-electron chi connectivity index (χ2n) is 5.08. The Bertz CT molecular complexity index is 859. The van der Waals surface area contributed by atoms with E-state index < -0.39 is 11.8 Å². The Morgan fingerprint density at radius 3 is 2.84 bits per heavy atom. The average molecular weight is 345 g/mol. The van der Waals surface area contributed by atoms with E-state index in [0.29, 0.717) is 17.5 Å². The number of carbonyl (C=O) groups is 1. The zero-order valence-electron chi connectivity index (χ0n) is 12.8. The lowest BCUT2D eigenvalue weighted by Crippen LogP contribution is -2.32. The SMILES string of the molecule is O=C(Nc1cnn(Cc2nn[nH]n2)c1)C(F)(F)/C=C/c1ccccc1. The lowest BCUT2D eigenvalue weighted by molar-refractivity contribution is -0.133. The summed E-state index contributed by atoms with van der Waals surface area (Å²) in [6.07, 6.45) is 4.40. The topological polar surface area (TPSA) is 101 Å². The Labute approximate surface area is 140 Å². The number of alkyl halides is 2. The summed E-state index contributed by atoms with van der Waals surface area (Å²) in [5, 5.41) is 19.3. The molecule has 0 aliphatic heterocycles. The maximum Gasteiger partial charge on any atom is 0.343 e. The number of H-pyrrole nitrogens is 1. The van der Waals surface area contributed by atoms with E-state index in [1.807, 2.05) is 0 Å². The molecule has 0 bridgehead atoms. The van der Waals surface area contributed by atoms with Gasteiger partial charge >= 0.3 is 5.92 Å². The molecule has 0 saturated heterocycles. The smallest absolute Gasteiger partial charge is 0.318 e. The molecule has 0 aliphatic carbocycles. The summed E-state index contributed by atoms with van der Waals surface area (Å²) in [5.74, 6) is -4.73. The summed E-state index contributed by atoms with van der Waals surface area (Å²) in [6, 6.07) is 8.53. The molecular formula is C15H13F2N7O. The van der Waals surface area contributed by atoms with Crippen molar-refractivity contribution in [1.29, 1.82) is 0 Å². The lowest BCUT2D eigenvalue weighted by atomic mass is 10.2. The zero-order chi connectivity index (χ0) is 17.7. The molecule has 128 valence electrons. The Kier molecular flexibility index (Phi) is 4.59. The van der Waals surface area contributed by atoms with Crippen LogP contribution >= 0.6 is 0 Å². The highest BCUT2D eigenvalue weighted by Gasteiger charge is 2.35. The molecule has 25 heavy (non-hydrogen) atoms. The van der Waals surface area contributed by atoms with E-state index in [1.54, 1.807) is 30.3 Å². The quantitative estimate of drug-likeness (QED) is 0.708. The number of amides is 1. The van der Waals surface area contributed by atoms with Crippen LogP contribution in [0.1, 0.15) is 11.4 Å². The van der Waals surface area contributed by atoms with Crippen molar-refractivity contribution in [2.75, 3.05) is 5.32 Å². The van der Waals surface area contributed by atoms with Crippen LogP contribution in [0, 0.1) is 0 Å². The van der Waals surface area contributed by atoms with E-state index in [2.05, 4.69) is 31.0 Å². The molecular weight excluding hydrogens is 332 g/mol. The molecule has 2 aromatic heterocycles. The molecule has 0 radical (unpaired) electrons. The summed E-state index contributed by atoms with van der Waals surface area (Å²) in [5.41, 5.74) is 0.712. The fraction of sp³-hybridized carbons (Fsp3) is 0.133. The number of rotatable bonds is 6. The monoisotopic (exact) mass is 345 g/mol. The second-order valence-corrected chi connectivity index (χ2v) is 5.08. The van der Waals surface area contributed by atoms with Crippen LogP contribution in [0.5, 0.6) is 0 Å². The number of anilines is 1. The highest BCUT2D eigenvalue weighted by molar-refractivity contribution is 5.97. The van der Waals surface area contributed by atoms with Crippen LogP contribution in [0.25, 0.3) is 6.08 Å². The van der Waals surface area contributed by atoms with Crippen LogP contribution in [0.2, 0.25) is 0 Å². The third kappa shape index (κ3) is 4.31. The minimum absolute atomic E-state index is 0.140. The summed E-state index contributed by atoms with van der Waals surface area (Å²) >= 11 is 0. The normalized spacial score (nSPS) is 11.8. The van der Waals surface area contributed by atoms with Crippen molar-refractivity contribution in [3.8, 4) is 0 Å². The van der Waals surface area contributed by atoms with E-state index >= 15 is 0 Å². The molecule has 1 aromatic carbocycles. The Morgan fingerprint density at radius 1 is 1.32 bits per heavy atom. The van der Waals surface area contributed by atoms with Gasteiger partial charge in [-0.25, -0.2) is 0 Å². The Morgan fingerprint density at radius 2 is 2.12 bits per heavy atom. The van der Waals surface area contributed by atoms with Gasteiger partial charge in [0.15, 0.2) is 5.82 Å². The highest BCUT2D eigenvalue weighted by Crippen LogP contribution is 2.20. The Balaban J connectivity index is 1.63. The first-order chi connectivity index (χ1) is 12.0. The van der Waals surface area contributed by atoms with Crippen LogP contribution in [-0.4, -0.2) is 42.2 Å². The van der Waals surface area contributed by atoms with Gasteiger partial charge in [0.1, 0.15) is 6.54 Å². The number of tetrazole rings is 1. The molecule has 2 heterocycles. The van der Waals surface area contributed by atoms with Crippen LogP contribution in [-0.2, 0) is 11.3 Å². The fourth-order valence-corrected chi connectivity index (χ4v) is 1.96. The van der Waals surface area contributed by atoms with Crippen molar-refractivity contribution in [1.82, 2.24) is 30.4 Å². The predicted molar refractivity (Wildman–Crippen MR) is 84.6 cm³/mol. The number of hydrogen-bond acceptors (Lipinski definition) is 5. The summed E-state index contributed by atoms with van der Waals surface area (Å²) in [7, 11) is 0. The van der Waals surface area contributed by atoms with Gasteiger partial charge in [-0.05, 0) is 11.6 Å². The van der Waals surface area contributed by atoms with Crippen molar-refractivity contribution < 1.29 is 13.6 Å². The van der Waals surface area contributed by atoms with Crippen LogP contribution in [0.3, 0.4) is 0 Å². The summed E-state index contributed by atoms with van der Waals surface area (Å²) < 4.78 is 29.3. The first-order valence-electron chi connectivity index (χ1n) is 7.21. The molecule has 0 saturated carbocycles. The number of nitrogens with one attached hydrogen (secondary N) is 2. The molecule has 3 rings (SSSR count). The first kappa shape index (κ1) is 16.4. The molecule has 8 nitrogen and oxygen atoms in total. The van der Waals surface area contributed by atoms with Crippen molar-refractivity contribution >= 4 is 17.7 Å². The van der Waals surface area contributed by atoms with Gasteiger partial charge in [0, 0.05) is 6.20 Å². The van der Waals surface area contributed by atoms with Gasteiger partial charge in [0.05, 0.1) is 11.9 Å². The summed E-state index contributed by atoms with van der Waals surface area (Å²) in [4.78, 5) is 11.8. The Hall–Kier alpha value is -3.43. The fourth-order valence-electron chi connectivity index (χ4n) is 1.96. The molecule has 0 spiro atoms. The molecule has 0 aliphatic rings. The third-order valence-corrected chi connectivity index (χ3v) is 3.17. The predicted octanol–water partition coefficient (Wildman–Crippen LogP) is 1.73. The van der Waals surface area contributed by atoms with E-state index in [1.165, 1.54) is 23.2 Å². The molecule has 1 amide bonds. The number of hydrogen-bond donors (Lipinski definition) is 2. The van der Waals surface area contributed by atoms with Crippen molar-refractivity contribution in [3.05, 3.63) is 60.2 Å². The maximum atomic E-state index is 13.9. The minimum Gasteiger partial charge on any atom is -0.318 e. The van der Waals surface area contributed by atoms with Crippen molar-refractivity contribution in [2.24, 2.45) is 0 Å². The van der Waals surface area contributed by atoms with E-state index in [0.717, 1.165) is 0 Å². The number of aromatic amines is 1. The molecule has 0 fully saturated rings. The van der Waals surface area contributed by atoms with Crippen molar-refractivity contribution in [2.45, 2.75) is 12.5 Å². The van der Waals surface area contributed by atoms with Crippen LogP contribution in [0.4, 0.5) is 14.5 Å². The number of halogens is 2. The van der Waals surface area contributed by atoms with E-state index in [9.17, 15) is 13.6 Å². The summed E-state index contributed by atoms with van der Waals surface area (Å²) in [6.45, 7) is 0.191. The molecule has 0 atom stereocenters. The zero-order valence-corrected chi connectivity index (χ0v) is 12.8. The average Bonchev–Trinajstić information content (AvgIpc) is 3.27. The van der Waals surface area contributed by atoms with Gasteiger partial charge < -0.3 is 5.32 Å². The largest absolute Gasteiger partial charge is 0.343 e. The second kappa shape index (κ2) is 6.99. The molecule has 2 N–H and O–H groups in total. The lowest BCUT2D eigenvalue weighted by Gasteiger charge is -2.10. The third-order valence-electron chi connectivity index (χ3n) is 3.17. The van der Waals surface area contributed by atoms with E-state index in [4.69, 9.17) is 0 Å². The van der Waals surface area contributed by atoms with Crippen molar-refractivity contribution in [3.63, 3.8) is 0 Å². The van der Waals surface area contributed by atoms with Gasteiger partial charge in [-0.15, -0.1) is 10.2 Å². The van der Waals surface area contributed by atoms with Gasteiger partial charge in [-0.2, -0.15) is 19.1 Å². The van der Waals surface area contributed by atoms with Gasteiger partial charge in [0.2, 0.25) is 0 Å². The molecule has 3 aromatic rings. The minimum atomic E-state index is -3.66. The maximum absolute atomic E-state index is 13.9. The van der Waals surface area contributed by atoms with Crippen LogP contribution in [0.15, 0.2) is 48.8 Å². The highest BCUT2D eigenvalue weighted by atomic mass is 19.3. The number of carbonyl (C=O) groups excluding carboxylic acids is 1. The number of benzene rings is 1. The molecule has 10 heteroatoms. The number of nitrogens with zero attached hydrogens (tertiary/aromatic N) is 5. The standard InChI is InChI=1S/C15H13F2N7O/c16-15(17,7-6-11-4-2-1-3-5-11)14(25)19-12-8-18-24(9-12)10-13-20-22-23-21-13/h1-9H,10H2,(H,19,25)(H,20,21,22,23)/b7-6+. The van der Waals surface area contributed by atoms with Gasteiger partial charge in [-0.1, -0.05) is 41.6 Å². The van der Waals surface area contributed by atoms with Gasteiger partial charge in [0.25, 0.3) is 5.91 Å². The van der Waals surface area contributed by atoms with E-state index in [-0.39, 0.29) is 12.2 Å². The van der Waals surface area contributed by atoms with Gasteiger partial charge in [-0.3, -0.25) is 9.48 Å². The van der Waals surface area contributed by atoms with Crippen LogP contribution < -0.4 is 5.32 Å².